The molecule has 3 heterocycles. The van der Waals surface area contributed by atoms with E-state index >= 15 is 0 Å². The summed E-state index contributed by atoms with van der Waals surface area (Å²) in [6.07, 6.45) is 3.93. The molecule has 1 aromatic rings. The summed E-state index contributed by atoms with van der Waals surface area (Å²) in [7, 11) is 0. The second-order valence-corrected chi connectivity index (χ2v) is 6.47. The zero-order valence-corrected chi connectivity index (χ0v) is 11.9. The maximum absolute atomic E-state index is 12.8. The lowest BCUT2D eigenvalue weighted by atomic mass is 9.79. The van der Waals surface area contributed by atoms with Gasteiger partial charge in [0.2, 0.25) is 0 Å². The van der Waals surface area contributed by atoms with Crippen LogP contribution in [0.25, 0.3) is 0 Å². The van der Waals surface area contributed by atoms with Crippen molar-refractivity contribution in [3.63, 3.8) is 0 Å². The standard InChI is InChI=1S/C17H22N2O/c20-17(16-12-18-7-9-19(16)10-8-18)15-6-2-5-14(11-15)13-3-1-4-13/h2,5-6,11,13,16H,1,3-4,7-10,12H2. The summed E-state index contributed by atoms with van der Waals surface area (Å²) in [6.45, 7) is 5.29. The van der Waals surface area contributed by atoms with E-state index in [1.165, 1.54) is 24.8 Å². The van der Waals surface area contributed by atoms with Gasteiger partial charge in [-0.05, 0) is 30.4 Å². The normalized spacial score (nSPS) is 32.9. The third-order valence-corrected chi connectivity index (χ3v) is 5.33. The van der Waals surface area contributed by atoms with E-state index in [0.29, 0.717) is 11.7 Å². The highest BCUT2D eigenvalue weighted by Gasteiger charge is 2.36. The van der Waals surface area contributed by atoms with E-state index in [1.54, 1.807) is 0 Å². The predicted octanol–water partition coefficient (Wildman–Crippen LogP) is 2.14. The van der Waals surface area contributed by atoms with Crippen LogP contribution in [0, 0.1) is 0 Å². The number of hydrogen-bond donors (Lipinski definition) is 0. The number of benzene rings is 1. The molecule has 106 valence electrons. The highest BCUT2D eigenvalue weighted by Crippen LogP contribution is 2.36. The maximum Gasteiger partial charge on any atom is 0.181 e. The van der Waals surface area contributed by atoms with Crippen molar-refractivity contribution in [2.75, 3.05) is 32.7 Å². The van der Waals surface area contributed by atoms with Crippen LogP contribution in [0.2, 0.25) is 0 Å². The Morgan fingerprint density at radius 1 is 1.10 bits per heavy atom. The summed E-state index contributed by atoms with van der Waals surface area (Å²) < 4.78 is 0. The molecule has 4 aliphatic rings. The van der Waals surface area contributed by atoms with Crippen molar-refractivity contribution in [2.24, 2.45) is 0 Å². The van der Waals surface area contributed by atoms with Crippen molar-refractivity contribution >= 4 is 5.78 Å². The molecule has 0 amide bonds. The van der Waals surface area contributed by atoms with Crippen molar-refractivity contribution in [2.45, 2.75) is 31.2 Å². The van der Waals surface area contributed by atoms with Gasteiger partial charge in [0.05, 0.1) is 6.04 Å². The molecule has 0 spiro atoms. The van der Waals surface area contributed by atoms with E-state index in [9.17, 15) is 4.79 Å². The second kappa shape index (κ2) is 4.97. The Hall–Kier alpha value is -1.19. The third-order valence-electron chi connectivity index (χ3n) is 5.33. The smallest absolute Gasteiger partial charge is 0.181 e. The van der Waals surface area contributed by atoms with E-state index in [2.05, 4.69) is 28.0 Å². The molecule has 1 atom stereocenters. The van der Waals surface area contributed by atoms with Gasteiger partial charge in [-0.1, -0.05) is 24.6 Å². The number of Topliss-reactive ketones (excluding diaryl/α,β-unsaturated/α-hetero) is 1. The molecule has 0 N–H and O–H groups in total. The zero-order valence-electron chi connectivity index (χ0n) is 11.9. The van der Waals surface area contributed by atoms with Crippen LogP contribution in [0.1, 0.15) is 41.1 Å². The third kappa shape index (κ3) is 2.09. The fraction of sp³-hybridized carbons (Fsp3) is 0.588. The lowest BCUT2D eigenvalue weighted by Gasteiger charge is -2.46. The van der Waals surface area contributed by atoms with Crippen LogP contribution in [-0.2, 0) is 0 Å². The highest BCUT2D eigenvalue weighted by molar-refractivity contribution is 6.00. The number of nitrogens with zero attached hydrogens (tertiary/aromatic N) is 2. The van der Waals surface area contributed by atoms with Gasteiger partial charge in [-0.25, -0.2) is 0 Å². The number of ketones is 1. The van der Waals surface area contributed by atoms with Crippen LogP contribution < -0.4 is 0 Å². The van der Waals surface area contributed by atoms with Crippen molar-refractivity contribution < 1.29 is 4.79 Å². The van der Waals surface area contributed by atoms with Crippen molar-refractivity contribution in [3.05, 3.63) is 35.4 Å². The maximum atomic E-state index is 12.8. The highest BCUT2D eigenvalue weighted by atomic mass is 16.1. The Morgan fingerprint density at radius 3 is 2.50 bits per heavy atom. The van der Waals surface area contributed by atoms with Crippen LogP contribution in [0.15, 0.2) is 24.3 Å². The average Bonchev–Trinajstić information content (AvgIpc) is 2.46. The summed E-state index contributed by atoms with van der Waals surface area (Å²) in [6, 6.07) is 8.51. The fourth-order valence-electron chi connectivity index (χ4n) is 3.75. The van der Waals surface area contributed by atoms with Crippen LogP contribution in [0.4, 0.5) is 0 Å². The van der Waals surface area contributed by atoms with E-state index in [-0.39, 0.29) is 6.04 Å². The van der Waals surface area contributed by atoms with Crippen LogP contribution >= 0.6 is 0 Å². The molecule has 4 fully saturated rings. The number of carbonyl (C=O) groups is 1. The quantitative estimate of drug-likeness (QED) is 0.786. The van der Waals surface area contributed by atoms with Crippen molar-refractivity contribution in [1.29, 1.82) is 0 Å². The second-order valence-electron chi connectivity index (χ2n) is 6.47. The SMILES string of the molecule is O=C(c1cccc(C2CCC2)c1)C1CN2CCN1CC2. The monoisotopic (exact) mass is 270 g/mol. The Bertz CT molecular complexity index is 515. The molecule has 3 saturated heterocycles. The van der Waals surface area contributed by atoms with Crippen LogP contribution in [-0.4, -0.2) is 54.3 Å². The van der Waals surface area contributed by atoms with E-state index in [1.807, 2.05) is 6.07 Å². The van der Waals surface area contributed by atoms with E-state index in [4.69, 9.17) is 0 Å². The first-order valence-electron chi connectivity index (χ1n) is 7.92. The van der Waals surface area contributed by atoms with Gasteiger partial charge >= 0.3 is 0 Å². The van der Waals surface area contributed by atoms with Gasteiger partial charge in [-0.2, -0.15) is 0 Å². The van der Waals surface area contributed by atoms with E-state index < -0.39 is 0 Å². The lowest BCUT2D eigenvalue weighted by molar-refractivity contribution is 0.0159. The first-order valence-corrected chi connectivity index (χ1v) is 7.92. The molecule has 2 bridgehead atoms. The van der Waals surface area contributed by atoms with Crippen LogP contribution in [0.3, 0.4) is 0 Å². The summed E-state index contributed by atoms with van der Waals surface area (Å²) >= 11 is 0. The Labute approximate surface area is 120 Å². The minimum atomic E-state index is 0.0918. The molecule has 3 aliphatic heterocycles. The summed E-state index contributed by atoms with van der Waals surface area (Å²) in [5, 5.41) is 0. The molecule has 1 unspecified atom stereocenters. The molecule has 1 saturated carbocycles. The molecule has 0 radical (unpaired) electrons. The number of rotatable bonds is 3. The topological polar surface area (TPSA) is 23.6 Å². The van der Waals surface area contributed by atoms with Gasteiger partial charge < -0.3 is 0 Å². The van der Waals surface area contributed by atoms with Gasteiger partial charge in [0.15, 0.2) is 5.78 Å². The number of piperazine rings is 3. The van der Waals surface area contributed by atoms with E-state index in [0.717, 1.165) is 38.3 Å². The largest absolute Gasteiger partial charge is 0.299 e. The minimum Gasteiger partial charge on any atom is -0.299 e. The number of fused-ring (bicyclic) bond motifs is 3. The molecular weight excluding hydrogens is 248 g/mol. The molecular formula is C17H22N2O. The minimum absolute atomic E-state index is 0.0918. The van der Waals surface area contributed by atoms with Crippen molar-refractivity contribution in [1.82, 2.24) is 9.80 Å². The molecule has 1 aromatic carbocycles. The first-order chi connectivity index (χ1) is 9.81. The number of carbonyl (C=O) groups excluding carboxylic acids is 1. The van der Waals surface area contributed by atoms with Gasteiger partial charge in [0, 0.05) is 38.3 Å². The molecule has 20 heavy (non-hydrogen) atoms. The molecule has 3 heteroatoms. The van der Waals surface area contributed by atoms with Gasteiger partial charge in [-0.15, -0.1) is 0 Å². The Kier molecular flexibility index (Phi) is 3.12. The summed E-state index contributed by atoms with van der Waals surface area (Å²) in [5.41, 5.74) is 2.30. The first kappa shape index (κ1) is 12.5. The van der Waals surface area contributed by atoms with Crippen molar-refractivity contribution in [3.8, 4) is 0 Å². The number of hydrogen-bond acceptors (Lipinski definition) is 3. The molecule has 3 nitrogen and oxygen atoms in total. The fourth-order valence-corrected chi connectivity index (χ4v) is 3.75. The van der Waals surface area contributed by atoms with Gasteiger partial charge in [0.1, 0.15) is 0 Å². The van der Waals surface area contributed by atoms with Gasteiger partial charge in [0.25, 0.3) is 0 Å². The summed E-state index contributed by atoms with van der Waals surface area (Å²) in [4.78, 5) is 17.6. The Morgan fingerprint density at radius 2 is 1.90 bits per heavy atom. The molecule has 1 aliphatic carbocycles. The average molecular weight is 270 g/mol. The predicted molar refractivity (Wildman–Crippen MR) is 79.2 cm³/mol. The Balaban J connectivity index is 1.56. The zero-order chi connectivity index (χ0) is 13.5. The molecule has 5 rings (SSSR count). The summed E-state index contributed by atoms with van der Waals surface area (Å²) in [5.74, 6) is 1.03. The van der Waals surface area contributed by atoms with Crippen LogP contribution in [0.5, 0.6) is 0 Å². The van der Waals surface area contributed by atoms with Gasteiger partial charge in [-0.3, -0.25) is 14.6 Å². The molecule has 0 aromatic heterocycles. The lowest BCUT2D eigenvalue weighted by Crippen LogP contribution is -2.63.